The number of ether oxygens (including phenoxy) is 1. The summed E-state index contributed by atoms with van der Waals surface area (Å²) in [5.74, 6) is 0. The molecular formula is C15H16N2O2S. The topological polar surface area (TPSA) is 51.2 Å². The van der Waals surface area contributed by atoms with Crippen LogP contribution >= 0.6 is 11.8 Å². The number of aryl methyl sites for hydroxylation is 1. The standard InChI is InChI=1S/C15H16N2O2S/c1-3-19-15(18)17-12-6-9-14(16-10-12)20-13-7-4-11(2)5-8-13/h4-10H,3H2,1-2H3,(H,17,18). The molecule has 0 radical (unpaired) electrons. The zero-order chi connectivity index (χ0) is 14.4. The highest BCUT2D eigenvalue weighted by Gasteiger charge is 2.03. The molecule has 0 fully saturated rings. The summed E-state index contributed by atoms with van der Waals surface area (Å²) in [5, 5.41) is 3.49. The molecule has 0 atom stereocenters. The number of benzene rings is 1. The van der Waals surface area contributed by atoms with Crippen molar-refractivity contribution in [3.63, 3.8) is 0 Å². The van der Waals surface area contributed by atoms with Crippen molar-refractivity contribution in [1.82, 2.24) is 4.98 Å². The number of nitrogens with one attached hydrogen (secondary N) is 1. The Morgan fingerprint density at radius 2 is 2.00 bits per heavy atom. The van der Waals surface area contributed by atoms with Gasteiger partial charge in [-0.15, -0.1) is 0 Å². The number of carbonyl (C=O) groups excluding carboxylic acids is 1. The fourth-order valence-electron chi connectivity index (χ4n) is 1.53. The van der Waals surface area contributed by atoms with E-state index < -0.39 is 6.09 Å². The van der Waals surface area contributed by atoms with E-state index in [-0.39, 0.29) is 0 Å². The van der Waals surface area contributed by atoms with E-state index in [1.165, 1.54) is 5.56 Å². The zero-order valence-corrected chi connectivity index (χ0v) is 12.2. The first-order valence-corrected chi connectivity index (χ1v) is 7.13. The van der Waals surface area contributed by atoms with Gasteiger partial charge in [0.05, 0.1) is 18.5 Å². The van der Waals surface area contributed by atoms with E-state index in [1.54, 1.807) is 30.9 Å². The molecule has 4 nitrogen and oxygen atoms in total. The van der Waals surface area contributed by atoms with Crippen LogP contribution in [0, 0.1) is 6.92 Å². The first-order valence-electron chi connectivity index (χ1n) is 6.31. The van der Waals surface area contributed by atoms with Crippen molar-refractivity contribution in [1.29, 1.82) is 0 Å². The molecule has 1 N–H and O–H groups in total. The summed E-state index contributed by atoms with van der Waals surface area (Å²) >= 11 is 1.58. The maximum absolute atomic E-state index is 11.3. The number of rotatable bonds is 4. The smallest absolute Gasteiger partial charge is 0.411 e. The van der Waals surface area contributed by atoms with Gasteiger partial charge in [-0.25, -0.2) is 9.78 Å². The molecule has 1 aromatic carbocycles. The number of hydrogen-bond acceptors (Lipinski definition) is 4. The molecule has 1 amide bonds. The number of aromatic nitrogens is 1. The Balaban J connectivity index is 1.97. The van der Waals surface area contributed by atoms with Crippen molar-refractivity contribution in [3.8, 4) is 0 Å². The normalized spacial score (nSPS) is 10.1. The van der Waals surface area contributed by atoms with E-state index in [1.807, 2.05) is 6.07 Å². The Morgan fingerprint density at radius 1 is 1.25 bits per heavy atom. The number of carbonyl (C=O) groups is 1. The highest BCUT2D eigenvalue weighted by Crippen LogP contribution is 2.26. The van der Waals surface area contributed by atoms with Gasteiger partial charge in [0.15, 0.2) is 0 Å². The average Bonchev–Trinajstić information content (AvgIpc) is 2.44. The summed E-state index contributed by atoms with van der Waals surface area (Å²) < 4.78 is 4.80. The van der Waals surface area contributed by atoms with Crippen LogP contribution in [0.15, 0.2) is 52.5 Å². The van der Waals surface area contributed by atoms with Gasteiger partial charge in [-0.2, -0.15) is 0 Å². The van der Waals surface area contributed by atoms with Crippen molar-refractivity contribution in [3.05, 3.63) is 48.2 Å². The molecular weight excluding hydrogens is 272 g/mol. The van der Waals surface area contributed by atoms with Gasteiger partial charge in [0.25, 0.3) is 0 Å². The third-order valence-electron chi connectivity index (χ3n) is 2.50. The van der Waals surface area contributed by atoms with Crippen molar-refractivity contribution < 1.29 is 9.53 Å². The van der Waals surface area contributed by atoms with E-state index in [9.17, 15) is 4.79 Å². The maximum Gasteiger partial charge on any atom is 0.411 e. The SMILES string of the molecule is CCOC(=O)Nc1ccc(Sc2ccc(C)cc2)nc1. The van der Waals surface area contributed by atoms with Crippen LogP contribution in [0.4, 0.5) is 10.5 Å². The maximum atomic E-state index is 11.3. The zero-order valence-electron chi connectivity index (χ0n) is 11.4. The lowest BCUT2D eigenvalue weighted by atomic mass is 10.2. The van der Waals surface area contributed by atoms with Gasteiger partial charge in [-0.05, 0) is 38.1 Å². The molecule has 0 saturated heterocycles. The molecule has 0 bridgehead atoms. The van der Waals surface area contributed by atoms with Crippen molar-refractivity contribution >= 4 is 23.5 Å². The van der Waals surface area contributed by atoms with Crippen LogP contribution in [-0.2, 0) is 4.74 Å². The Bertz CT molecular complexity index is 567. The van der Waals surface area contributed by atoms with Gasteiger partial charge in [0, 0.05) is 4.90 Å². The summed E-state index contributed by atoms with van der Waals surface area (Å²) in [5.41, 5.74) is 1.85. The second-order valence-corrected chi connectivity index (χ2v) is 5.24. The minimum Gasteiger partial charge on any atom is -0.450 e. The molecule has 0 spiro atoms. The molecule has 1 aromatic heterocycles. The predicted octanol–water partition coefficient (Wildman–Crippen LogP) is 4.11. The van der Waals surface area contributed by atoms with Crippen molar-refractivity contribution in [2.45, 2.75) is 23.8 Å². The second kappa shape index (κ2) is 6.96. The van der Waals surface area contributed by atoms with Gasteiger partial charge < -0.3 is 4.74 Å². The first kappa shape index (κ1) is 14.4. The lowest BCUT2D eigenvalue weighted by molar-refractivity contribution is 0.168. The van der Waals surface area contributed by atoms with E-state index in [0.717, 1.165) is 9.92 Å². The predicted molar refractivity (Wildman–Crippen MR) is 80.2 cm³/mol. The fraction of sp³-hybridized carbons (Fsp3) is 0.200. The van der Waals surface area contributed by atoms with E-state index in [0.29, 0.717) is 12.3 Å². The van der Waals surface area contributed by atoms with Crippen molar-refractivity contribution in [2.75, 3.05) is 11.9 Å². The van der Waals surface area contributed by atoms with E-state index in [4.69, 9.17) is 4.74 Å². The molecule has 5 heteroatoms. The molecule has 0 aliphatic heterocycles. The highest BCUT2D eigenvalue weighted by molar-refractivity contribution is 7.99. The van der Waals surface area contributed by atoms with Gasteiger partial charge in [-0.3, -0.25) is 5.32 Å². The lowest BCUT2D eigenvalue weighted by Crippen LogP contribution is -2.13. The first-order chi connectivity index (χ1) is 9.67. The van der Waals surface area contributed by atoms with Crippen LogP contribution in [0.25, 0.3) is 0 Å². The summed E-state index contributed by atoms with van der Waals surface area (Å²) in [6, 6.07) is 11.9. The van der Waals surface area contributed by atoms with Crippen molar-refractivity contribution in [2.24, 2.45) is 0 Å². The lowest BCUT2D eigenvalue weighted by Gasteiger charge is -2.06. The number of hydrogen-bond donors (Lipinski definition) is 1. The summed E-state index contributed by atoms with van der Waals surface area (Å²) in [7, 11) is 0. The second-order valence-electron chi connectivity index (χ2n) is 4.15. The van der Waals surface area contributed by atoms with E-state index in [2.05, 4.69) is 41.5 Å². The number of anilines is 1. The number of pyridine rings is 1. The molecule has 0 aliphatic rings. The largest absolute Gasteiger partial charge is 0.450 e. The summed E-state index contributed by atoms with van der Waals surface area (Å²) in [6.07, 6.45) is 1.15. The van der Waals surface area contributed by atoms with Crippen LogP contribution in [0.5, 0.6) is 0 Å². The summed E-state index contributed by atoms with van der Waals surface area (Å²) in [6.45, 7) is 4.17. The minimum atomic E-state index is -0.465. The number of nitrogens with zero attached hydrogens (tertiary/aromatic N) is 1. The summed E-state index contributed by atoms with van der Waals surface area (Å²) in [4.78, 5) is 16.7. The van der Waals surface area contributed by atoms with Crippen LogP contribution in [-0.4, -0.2) is 17.7 Å². The van der Waals surface area contributed by atoms with Gasteiger partial charge in [0.1, 0.15) is 5.03 Å². The molecule has 0 saturated carbocycles. The average molecular weight is 288 g/mol. The van der Waals surface area contributed by atoms with Crippen LogP contribution < -0.4 is 5.32 Å². The quantitative estimate of drug-likeness (QED) is 0.920. The van der Waals surface area contributed by atoms with Crippen LogP contribution in [0.3, 0.4) is 0 Å². The number of amides is 1. The Morgan fingerprint density at radius 3 is 2.60 bits per heavy atom. The molecule has 20 heavy (non-hydrogen) atoms. The van der Waals surface area contributed by atoms with Crippen LogP contribution in [0.2, 0.25) is 0 Å². The van der Waals surface area contributed by atoms with Crippen LogP contribution in [0.1, 0.15) is 12.5 Å². The minimum absolute atomic E-state index is 0.348. The molecule has 2 aromatic rings. The molecule has 104 valence electrons. The Labute approximate surface area is 122 Å². The highest BCUT2D eigenvalue weighted by atomic mass is 32.2. The van der Waals surface area contributed by atoms with E-state index >= 15 is 0 Å². The van der Waals surface area contributed by atoms with Gasteiger partial charge in [0.2, 0.25) is 0 Å². The molecule has 1 heterocycles. The third-order valence-corrected chi connectivity index (χ3v) is 3.46. The monoisotopic (exact) mass is 288 g/mol. The Hall–Kier alpha value is -2.01. The fourth-order valence-corrected chi connectivity index (χ4v) is 2.28. The molecule has 2 rings (SSSR count). The Kier molecular flexibility index (Phi) is 5.01. The molecule has 0 aliphatic carbocycles. The van der Waals surface area contributed by atoms with Gasteiger partial charge >= 0.3 is 6.09 Å². The molecule has 0 unspecified atom stereocenters. The third kappa shape index (κ3) is 4.28. The van der Waals surface area contributed by atoms with Gasteiger partial charge in [-0.1, -0.05) is 29.5 Å².